The van der Waals surface area contributed by atoms with Crippen LogP contribution in [0, 0.1) is 0 Å². The van der Waals surface area contributed by atoms with Crippen LogP contribution in [0.1, 0.15) is 0 Å². The normalized spacial score (nSPS) is 9.27. The summed E-state index contributed by atoms with van der Waals surface area (Å²) in [6, 6.07) is 5.85. The largest absolute Gasteiger partial charge is 0.508 e. The first-order valence-electron chi connectivity index (χ1n) is 6.69. The third-order valence-corrected chi connectivity index (χ3v) is 1.77. The lowest BCUT2D eigenvalue weighted by Crippen LogP contribution is -2.03. The van der Waals surface area contributed by atoms with E-state index >= 15 is 0 Å². The van der Waals surface area contributed by atoms with Crippen molar-refractivity contribution in [1.29, 1.82) is 0 Å². The molecule has 0 amide bonds. The number of phenolic OH excluding ortho intramolecular Hbond substituents is 2. The van der Waals surface area contributed by atoms with Gasteiger partial charge in [0.1, 0.15) is 11.5 Å². The molecule has 0 unspecified atom stereocenters. The molecule has 8 heteroatoms. The molecule has 0 aromatic heterocycles. The van der Waals surface area contributed by atoms with Gasteiger partial charge in [-0.25, -0.2) is 0 Å². The van der Waals surface area contributed by atoms with E-state index < -0.39 is 0 Å². The molecule has 0 atom stereocenters. The van der Waals surface area contributed by atoms with E-state index in [1.54, 1.807) is 6.07 Å². The van der Waals surface area contributed by atoms with Crippen molar-refractivity contribution in [2.45, 2.75) is 0 Å². The Labute approximate surface area is 129 Å². The average Bonchev–Trinajstić information content (AvgIpc) is 2.49. The summed E-state index contributed by atoms with van der Waals surface area (Å²) in [5, 5.41) is 49.7. The van der Waals surface area contributed by atoms with Gasteiger partial charge in [-0.15, -0.1) is 0 Å². The van der Waals surface area contributed by atoms with Crippen LogP contribution in [0.15, 0.2) is 24.3 Å². The van der Waals surface area contributed by atoms with Gasteiger partial charge in [0.05, 0.1) is 52.9 Å². The summed E-state index contributed by atoms with van der Waals surface area (Å²) in [6.45, 7) is 1.39. The van der Waals surface area contributed by atoms with Gasteiger partial charge in [0.25, 0.3) is 0 Å². The highest BCUT2D eigenvalue weighted by atomic mass is 16.5. The second kappa shape index (κ2) is 19.6. The predicted molar refractivity (Wildman–Crippen MR) is 79.8 cm³/mol. The third kappa shape index (κ3) is 20.9. The Balaban J connectivity index is 0. The molecule has 0 bridgehead atoms. The van der Waals surface area contributed by atoms with E-state index in [0.717, 1.165) is 0 Å². The van der Waals surface area contributed by atoms with E-state index in [9.17, 15) is 0 Å². The lowest BCUT2D eigenvalue weighted by atomic mass is 10.3. The third-order valence-electron chi connectivity index (χ3n) is 1.77. The Morgan fingerprint density at radius 3 is 1.14 bits per heavy atom. The van der Waals surface area contributed by atoms with E-state index in [-0.39, 0.29) is 37.9 Å². The van der Waals surface area contributed by atoms with Crippen molar-refractivity contribution in [3.05, 3.63) is 24.3 Å². The van der Waals surface area contributed by atoms with Crippen LogP contribution >= 0.6 is 0 Å². The van der Waals surface area contributed by atoms with Gasteiger partial charge in [-0.3, -0.25) is 0 Å². The fourth-order valence-electron chi connectivity index (χ4n) is 0.955. The molecule has 0 saturated heterocycles. The molecule has 130 valence electrons. The summed E-state index contributed by atoms with van der Waals surface area (Å²) in [7, 11) is 0. The second-order valence-electron chi connectivity index (χ2n) is 3.64. The van der Waals surface area contributed by atoms with E-state index in [1.165, 1.54) is 18.2 Å². The topological polar surface area (TPSA) is 140 Å². The first-order chi connectivity index (χ1) is 10.6. The van der Waals surface area contributed by atoms with E-state index in [1.807, 2.05) is 0 Å². The summed E-state index contributed by atoms with van der Waals surface area (Å²) in [5.74, 6) is 0.176. The Bertz CT molecular complexity index is 286. The molecule has 1 rings (SSSR count). The summed E-state index contributed by atoms with van der Waals surface area (Å²) in [5.41, 5.74) is 0. The summed E-state index contributed by atoms with van der Waals surface area (Å²) < 4.78 is 9.26. The molecule has 0 fully saturated rings. The molecule has 22 heavy (non-hydrogen) atoms. The maximum atomic E-state index is 8.65. The fourth-order valence-corrected chi connectivity index (χ4v) is 0.955. The number of aliphatic hydroxyl groups is 4. The Morgan fingerprint density at radius 1 is 0.636 bits per heavy atom. The first-order valence-corrected chi connectivity index (χ1v) is 6.69. The smallest absolute Gasteiger partial charge is 0.119 e. The molecule has 1 aromatic rings. The Hall–Kier alpha value is -1.42. The second-order valence-corrected chi connectivity index (χ2v) is 3.64. The van der Waals surface area contributed by atoms with E-state index in [4.69, 9.17) is 30.6 Å². The molecular weight excluding hydrogens is 296 g/mol. The summed E-state index contributed by atoms with van der Waals surface area (Å²) in [4.78, 5) is 0. The summed E-state index contributed by atoms with van der Waals surface area (Å²) in [6.07, 6.45) is 0. The molecule has 8 nitrogen and oxygen atoms in total. The molecule has 0 aliphatic carbocycles. The Morgan fingerprint density at radius 2 is 0.955 bits per heavy atom. The Kier molecular flexibility index (Phi) is 20.3. The lowest BCUT2D eigenvalue weighted by Gasteiger charge is -1.94. The van der Waals surface area contributed by atoms with Crippen molar-refractivity contribution >= 4 is 0 Å². The molecule has 0 aliphatic heterocycles. The zero-order chi connectivity index (χ0) is 17.1. The van der Waals surface area contributed by atoms with Gasteiger partial charge in [0.2, 0.25) is 0 Å². The number of benzene rings is 1. The van der Waals surface area contributed by atoms with Crippen LogP contribution in [0.2, 0.25) is 0 Å². The highest BCUT2D eigenvalue weighted by Gasteiger charge is 1.85. The quantitative estimate of drug-likeness (QED) is 0.337. The molecule has 0 spiro atoms. The molecule has 0 aliphatic rings. The first kappa shape index (κ1) is 22.9. The maximum absolute atomic E-state index is 8.65. The van der Waals surface area contributed by atoms with Gasteiger partial charge in [0.15, 0.2) is 0 Å². The van der Waals surface area contributed by atoms with Crippen molar-refractivity contribution in [2.24, 2.45) is 0 Å². The molecule has 0 saturated carbocycles. The SMILES string of the molecule is OCCOCCO.OCCOCCO.Oc1cccc(O)c1. The van der Waals surface area contributed by atoms with Gasteiger partial charge >= 0.3 is 0 Å². The van der Waals surface area contributed by atoms with Crippen LogP contribution in [-0.2, 0) is 9.47 Å². The zero-order valence-electron chi connectivity index (χ0n) is 12.5. The standard InChI is InChI=1S/C6H6O2.2C4H10O3/c7-5-2-1-3-6(8)4-5;2*5-1-3-7-4-2-6/h1-4,7-8H;2*5-6H,1-4H2. The monoisotopic (exact) mass is 322 g/mol. The number of aliphatic hydroxyl groups excluding tert-OH is 4. The van der Waals surface area contributed by atoms with Crippen LogP contribution in [0.5, 0.6) is 11.5 Å². The van der Waals surface area contributed by atoms with Crippen LogP contribution < -0.4 is 0 Å². The van der Waals surface area contributed by atoms with Gasteiger partial charge in [0, 0.05) is 6.07 Å². The van der Waals surface area contributed by atoms with Crippen LogP contribution in [-0.4, -0.2) is 83.5 Å². The number of hydrogen-bond acceptors (Lipinski definition) is 8. The predicted octanol–water partition coefficient (Wildman–Crippen LogP) is -0.927. The molecular formula is C14H26O8. The number of phenols is 2. The van der Waals surface area contributed by atoms with Crippen LogP contribution in [0.4, 0.5) is 0 Å². The van der Waals surface area contributed by atoms with E-state index in [0.29, 0.717) is 26.4 Å². The molecule has 0 radical (unpaired) electrons. The van der Waals surface area contributed by atoms with Crippen molar-refractivity contribution in [3.63, 3.8) is 0 Å². The minimum Gasteiger partial charge on any atom is -0.508 e. The maximum Gasteiger partial charge on any atom is 0.119 e. The number of ether oxygens (including phenoxy) is 2. The van der Waals surface area contributed by atoms with Gasteiger partial charge in [-0.1, -0.05) is 6.07 Å². The zero-order valence-corrected chi connectivity index (χ0v) is 12.5. The van der Waals surface area contributed by atoms with Gasteiger partial charge in [-0.05, 0) is 12.1 Å². The number of rotatable bonds is 8. The average molecular weight is 322 g/mol. The minimum absolute atomic E-state index is 0.0278. The molecule has 0 heterocycles. The highest BCUT2D eigenvalue weighted by Crippen LogP contribution is 2.14. The number of hydrogen-bond donors (Lipinski definition) is 6. The number of aromatic hydroxyl groups is 2. The lowest BCUT2D eigenvalue weighted by molar-refractivity contribution is 0.0649. The van der Waals surface area contributed by atoms with Crippen molar-refractivity contribution in [1.82, 2.24) is 0 Å². The molecule has 6 N–H and O–H groups in total. The van der Waals surface area contributed by atoms with Crippen molar-refractivity contribution in [3.8, 4) is 11.5 Å². The van der Waals surface area contributed by atoms with Gasteiger partial charge in [-0.2, -0.15) is 0 Å². The van der Waals surface area contributed by atoms with Crippen molar-refractivity contribution in [2.75, 3.05) is 52.9 Å². The fraction of sp³-hybridized carbons (Fsp3) is 0.571. The van der Waals surface area contributed by atoms with Gasteiger partial charge < -0.3 is 40.1 Å². The van der Waals surface area contributed by atoms with Crippen LogP contribution in [0.25, 0.3) is 0 Å². The van der Waals surface area contributed by atoms with Crippen LogP contribution in [0.3, 0.4) is 0 Å². The van der Waals surface area contributed by atoms with Crippen molar-refractivity contribution < 1.29 is 40.1 Å². The molecule has 1 aromatic carbocycles. The summed E-state index contributed by atoms with van der Waals surface area (Å²) >= 11 is 0. The minimum atomic E-state index is 0.0278. The highest BCUT2D eigenvalue weighted by molar-refractivity contribution is 5.30. The van der Waals surface area contributed by atoms with E-state index in [2.05, 4.69) is 9.47 Å².